The Balaban J connectivity index is 2.71. The molecule has 0 aliphatic heterocycles. The van der Waals surface area contributed by atoms with Gasteiger partial charge in [-0.1, -0.05) is 0 Å². The molecule has 0 unspecified atom stereocenters. The highest BCUT2D eigenvalue weighted by atomic mass is 16.4. The van der Waals surface area contributed by atoms with E-state index in [1.165, 1.54) is 4.90 Å². The average Bonchev–Trinajstić information content (AvgIpc) is 2.62. The van der Waals surface area contributed by atoms with Crippen LogP contribution in [0.1, 0.15) is 12.6 Å². The smallest absolute Gasteiger partial charge is 0.317 e. The molecule has 1 heterocycles. The predicted molar refractivity (Wildman–Crippen MR) is 58.4 cm³/mol. The molecule has 1 rings (SSSR count). The molecule has 7 heteroatoms. The van der Waals surface area contributed by atoms with Crippen LogP contribution in [0.2, 0.25) is 0 Å². The van der Waals surface area contributed by atoms with Crippen molar-refractivity contribution in [2.75, 3.05) is 13.1 Å². The zero-order chi connectivity index (χ0) is 12.8. The Morgan fingerprint density at radius 3 is 2.41 bits per heavy atom. The molecule has 1 aromatic heterocycles. The maximum atomic E-state index is 10.6. The van der Waals surface area contributed by atoms with E-state index in [1.807, 2.05) is 6.92 Å². The molecule has 0 atom stereocenters. The van der Waals surface area contributed by atoms with Crippen LogP contribution in [0.15, 0.2) is 12.3 Å². The Bertz CT molecular complexity index is 386. The Morgan fingerprint density at radius 1 is 1.35 bits per heavy atom. The number of carbonyl (C=O) groups is 2. The van der Waals surface area contributed by atoms with E-state index in [1.54, 1.807) is 16.9 Å². The first-order valence-corrected chi connectivity index (χ1v) is 5.19. The van der Waals surface area contributed by atoms with Gasteiger partial charge in [0.1, 0.15) is 0 Å². The molecule has 0 saturated heterocycles. The maximum absolute atomic E-state index is 10.6. The highest BCUT2D eigenvalue weighted by Gasteiger charge is 2.15. The van der Waals surface area contributed by atoms with Gasteiger partial charge in [0.05, 0.1) is 18.8 Å². The van der Waals surface area contributed by atoms with Gasteiger partial charge in [0.25, 0.3) is 0 Å². The van der Waals surface area contributed by atoms with Crippen molar-refractivity contribution in [1.82, 2.24) is 14.7 Å². The SMILES string of the molecule is CCn1nccc1CN(CC(=O)O)CC(=O)O. The minimum Gasteiger partial charge on any atom is -0.480 e. The van der Waals surface area contributed by atoms with Crippen molar-refractivity contribution in [2.45, 2.75) is 20.0 Å². The van der Waals surface area contributed by atoms with Crippen LogP contribution in [0, 0.1) is 0 Å². The number of rotatable bonds is 7. The molecule has 0 amide bonds. The quantitative estimate of drug-likeness (QED) is 0.690. The molecule has 17 heavy (non-hydrogen) atoms. The van der Waals surface area contributed by atoms with Crippen LogP contribution < -0.4 is 0 Å². The van der Waals surface area contributed by atoms with Crippen LogP contribution in [-0.4, -0.2) is 49.9 Å². The second kappa shape index (κ2) is 6.00. The molecule has 1 aromatic rings. The van der Waals surface area contributed by atoms with E-state index < -0.39 is 11.9 Å². The Labute approximate surface area is 98.3 Å². The molecule has 0 aliphatic carbocycles. The fourth-order valence-corrected chi connectivity index (χ4v) is 1.56. The van der Waals surface area contributed by atoms with Gasteiger partial charge in [-0.25, -0.2) is 0 Å². The molecular weight excluding hydrogens is 226 g/mol. The average molecular weight is 241 g/mol. The third-order valence-corrected chi connectivity index (χ3v) is 2.21. The highest BCUT2D eigenvalue weighted by molar-refractivity contribution is 5.72. The molecule has 2 N–H and O–H groups in total. The molecule has 0 radical (unpaired) electrons. The number of carboxylic acid groups (broad SMARTS) is 2. The van der Waals surface area contributed by atoms with Gasteiger partial charge in [-0.3, -0.25) is 19.2 Å². The zero-order valence-electron chi connectivity index (χ0n) is 9.54. The lowest BCUT2D eigenvalue weighted by atomic mass is 10.3. The molecule has 0 spiro atoms. The van der Waals surface area contributed by atoms with Gasteiger partial charge in [0.15, 0.2) is 0 Å². The van der Waals surface area contributed by atoms with Crippen molar-refractivity contribution in [3.8, 4) is 0 Å². The van der Waals surface area contributed by atoms with E-state index in [0.29, 0.717) is 6.54 Å². The lowest BCUT2D eigenvalue weighted by Gasteiger charge is -2.18. The summed E-state index contributed by atoms with van der Waals surface area (Å²) in [6, 6.07) is 1.75. The third kappa shape index (κ3) is 4.23. The summed E-state index contributed by atoms with van der Waals surface area (Å²) in [6.07, 6.45) is 1.61. The van der Waals surface area contributed by atoms with Crippen LogP contribution >= 0.6 is 0 Å². The second-order valence-electron chi connectivity index (χ2n) is 3.57. The lowest BCUT2D eigenvalue weighted by molar-refractivity contribution is -0.142. The van der Waals surface area contributed by atoms with E-state index in [9.17, 15) is 9.59 Å². The van der Waals surface area contributed by atoms with Crippen molar-refractivity contribution < 1.29 is 19.8 Å². The highest BCUT2D eigenvalue weighted by Crippen LogP contribution is 2.04. The van der Waals surface area contributed by atoms with Crippen molar-refractivity contribution in [3.05, 3.63) is 18.0 Å². The normalized spacial score (nSPS) is 10.7. The van der Waals surface area contributed by atoms with Crippen LogP contribution in [0.4, 0.5) is 0 Å². The molecule has 0 aromatic carbocycles. The number of aliphatic carboxylic acids is 2. The molecule has 0 aliphatic rings. The first kappa shape index (κ1) is 13.2. The first-order valence-electron chi connectivity index (χ1n) is 5.19. The fraction of sp³-hybridized carbons (Fsp3) is 0.500. The van der Waals surface area contributed by atoms with Crippen molar-refractivity contribution >= 4 is 11.9 Å². The van der Waals surface area contributed by atoms with Crippen LogP contribution in [0.3, 0.4) is 0 Å². The van der Waals surface area contributed by atoms with Crippen LogP contribution in [0.5, 0.6) is 0 Å². The number of hydrogen-bond acceptors (Lipinski definition) is 4. The van der Waals surface area contributed by atoms with Gasteiger partial charge in [-0.15, -0.1) is 0 Å². The van der Waals surface area contributed by atoms with E-state index in [0.717, 1.165) is 5.69 Å². The summed E-state index contributed by atoms with van der Waals surface area (Å²) in [5.74, 6) is -2.09. The monoisotopic (exact) mass is 241 g/mol. The molecule has 94 valence electrons. The summed E-state index contributed by atoms with van der Waals surface area (Å²) in [5, 5.41) is 21.4. The Kier molecular flexibility index (Phi) is 4.65. The number of hydrogen-bond donors (Lipinski definition) is 2. The fourth-order valence-electron chi connectivity index (χ4n) is 1.56. The maximum Gasteiger partial charge on any atom is 0.317 e. The predicted octanol–water partition coefficient (Wildman–Crippen LogP) is -0.126. The van der Waals surface area contributed by atoms with Crippen molar-refractivity contribution in [2.24, 2.45) is 0 Å². The number of aryl methyl sites for hydroxylation is 1. The molecule has 0 saturated carbocycles. The summed E-state index contributed by atoms with van der Waals surface area (Å²) in [7, 11) is 0. The molecule has 7 nitrogen and oxygen atoms in total. The summed E-state index contributed by atoms with van der Waals surface area (Å²) in [5.41, 5.74) is 0.801. The van der Waals surface area contributed by atoms with E-state index in [-0.39, 0.29) is 19.6 Å². The third-order valence-electron chi connectivity index (χ3n) is 2.21. The number of carboxylic acids is 2. The van der Waals surface area contributed by atoms with Crippen molar-refractivity contribution in [1.29, 1.82) is 0 Å². The van der Waals surface area contributed by atoms with E-state index >= 15 is 0 Å². The van der Waals surface area contributed by atoms with Crippen LogP contribution in [-0.2, 0) is 22.7 Å². The minimum atomic E-state index is -1.05. The summed E-state index contributed by atoms with van der Waals surface area (Å²) in [6.45, 7) is 2.22. The number of aromatic nitrogens is 2. The Morgan fingerprint density at radius 2 is 1.94 bits per heavy atom. The van der Waals surface area contributed by atoms with Gasteiger partial charge in [-0.2, -0.15) is 5.10 Å². The zero-order valence-corrected chi connectivity index (χ0v) is 9.54. The van der Waals surface area contributed by atoms with Gasteiger partial charge >= 0.3 is 11.9 Å². The molecule has 0 bridgehead atoms. The summed E-state index contributed by atoms with van der Waals surface area (Å²) in [4.78, 5) is 22.6. The van der Waals surface area contributed by atoms with E-state index in [2.05, 4.69) is 5.10 Å². The van der Waals surface area contributed by atoms with E-state index in [4.69, 9.17) is 10.2 Å². The topological polar surface area (TPSA) is 95.7 Å². The Hall–Kier alpha value is -1.89. The standard InChI is InChI=1S/C10H15N3O4/c1-2-13-8(3-4-11-13)5-12(6-9(14)15)7-10(16)17/h3-4H,2,5-7H2,1H3,(H,14,15)(H,16,17). The summed E-state index contributed by atoms with van der Waals surface area (Å²) < 4.78 is 1.71. The first-order chi connectivity index (χ1) is 8.02. The largest absolute Gasteiger partial charge is 0.480 e. The van der Waals surface area contributed by atoms with Gasteiger partial charge in [0, 0.05) is 19.3 Å². The second-order valence-corrected chi connectivity index (χ2v) is 3.57. The lowest BCUT2D eigenvalue weighted by Crippen LogP contribution is -2.34. The van der Waals surface area contributed by atoms with Gasteiger partial charge in [-0.05, 0) is 13.0 Å². The molecular formula is C10H15N3O4. The van der Waals surface area contributed by atoms with Crippen molar-refractivity contribution in [3.63, 3.8) is 0 Å². The van der Waals surface area contributed by atoms with Crippen LogP contribution in [0.25, 0.3) is 0 Å². The van der Waals surface area contributed by atoms with Gasteiger partial charge < -0.3 is 10.2 Å². The minimum absolute atomic E-state index is 0.256. The number of nitrogens with zero attached hydrogens (tertiary/aromatic N) is 3. The summed E-state index contributed by atoms with van der Waals surface area (Å²) >= 11 is 0. The molecule has 0 fully saturated rings. The van der Waals surface area contributed by atoms with Gasteiger partial charge in [0.2, 0.25) is 0 Å².